The van der Waals surface area contributed by atoms with Crippen molar-refractivity contribution >= 4 is 23.3 Å². The third kappa shape index (κ3) is 4.59. The first-order valence-corrected chi connectivity index (χ1v) is 10.0. The Kier molecular flexibility index (Phi) is 6.22. The summed E-state index contributed by atoms with van der Waals surface area (Å²) in [5.41, 5.74) is 3.42. The maximum absolute atomic E-state index is 12.9. The van der Waals surface area contributed by atoms with E-state index in [-0.39, 0.29) is 11.6 Å². The fraction of sp³-hybridized carbons (Fsp3) is 0.333. The third-order valence-electron chi connectivity index (χ3n) is 4.65. The Morgan fingerprint density at radius 3 is 2.48 bits per heavy atom. The molecule has 0 unspecified atom stereocenters. The highest BCUT2D eigenvalue weighted by molar-refractivity contribution is 8.00. The van der Waals surface area contributed by atoms with Crippen molar-refractivity contribution in [2.75, 3.05) is 7.11 Å². The normalized spacial score (nSPS) is 12.0. The number of ketones is 2. The van der Waals surface area contributed by atoms with Gasteiger partial charge in [0.15, 0.2) is 11.6 Å². The second-order valence-corrected chi connectivity index (χ2v) is 8.08. The molecular formula is C21H23N3O4S. The average Bonchev–Trinajstić information content (AvgIpc) is 3.24. The number of carbonyl (C=O) groups excluding carboxylic acids is 2. The number of ether oxygens (including phenoxy) is 1. The van der Waals surface area contributed by atoms with Gasteiger partial charge in [-0.15, -0.1) is 10.2 Å². The number of aromatic amines is 1. The van der Waals surface area contributed by atoms with Crippen LogP contribution in [0.5, 0.6) is 5.75 Å². The average molecular weight is 413 g/mol. The molecule has 8 heteroatoms. The lowest BCUT2D eigenvalue weighted by molar-refractivity contribution is 0.0988. The summed E-state index contributed by atoms with van der Waals surface area (Å²) >= 11 is 1.20. The van der Waals surface area contributed by atoms with E-state index >= 15 is 0 Å². The van der Waals surface area contributed by atoms with Crippen LogP contribution in [0.1, 0.15) is 57.4 Å². The van der Waals surface area contributed by atoms with Gasteiger partial charge in [0.05, 0.1) is 24.5 Å². The summed E-state index contributed by atoms with van der Waals surface area (Å²) in [6, 6.07) is 7.62. The SMILES string of the molecule is COc1ccc(Cc2nnc(S[C@@H](C)C(=O)c3[nH]c(C)c(C(C)=O)c3C)o2)cc1. The van der Waals surface area contributed by atoms with Crippen molar-refractivity contribution in [3.05, 3.63) is 58.2 Å². The number of carbonyl (C=O) groups is 2. The van der Waals surface area contributed by atoms with Gasteiger partial charge in [-0.2, -0.15) is 0 Å². The molecule has 0 fully saturated rings. The highest BCUT2D eigenvalue weighted by Gasteiger charge is 2.25. The second kappa shape index (κ2) is 8.65. The Bertz CT molecular complexity index is 1040. The molecule has 0 aliphatic rings. The smallest absolute Gasteiger partial charge is 0.277 e. The summed E-state index contributed by atoms with van der Waals surface area (Å²) in [6.07, 6.45) is 0.497. The van der Waals surface area contributed by atoms with Gasteiger partial charge in [0.25, 0.3) is 5.22 Å². The molecular weight excluding hydrogens is 390 g/mol. The van der Waals surface area contributed by atoms with Crippen LogP contribution in [0.15, 0.2) is 33.9 Å². The van der Waals surface area contributed by atoms with Crippen LogP contribution in [-0.2, 0) is 6.42 Å². The molecule has 0 radical (unpaired) electrons. The zero-order chi connectivity index (χ0) is 21.1. The number of nitrogens with zero attached hydrogens (tertiary/aromatic N) is 2. The predicted molar refractivity (Wildman–Crippen MR) is 110 cm³/mol. The van der Waals surface area contributed by atoms with Gasteiger partial charge in [0.1, 0.15) is 5.75 Å². The lowest BCUT2D eigenvalue weighted by atomic mass is 10.0. The molecule has 2 heterocycles. The van der Waals surface area contributed by atoms with Gasteiger partial charge in [-0.25, -0.2) is 0 Å². The predicted octanol–water partition coefficient (Wildman–Crippen LogP) is 4.18. The Balaban J connectivity index is 1.68. The minimum atomic E-state index is -0.444. The van der Waals surface area contributed by atoms with Crippen molar-refractivity contribution < 1.29 is 18.7 Å². The van der Waals surface area contributed by atoms with Crippen LogP contribution in [0.25, 0.3) is 0 Å². The topological polar surface area (TPSA) is 98.1 Å². The maximum atomic E-state index is 12.9. The number of hydrogen-bond acceptors (Lipinski definition) is 7. The standard InChI is InChI=1S/C21H23N3O4S/c1-11-18(13(3)25)12(2)22-19(11)20(26)14(4)29-21-24-23-17(28-21)10-15-6-8-16(27-5)9-7-15/h6-9,14,22H,10H2,1-5H3/t14-/m0/s1. The van der Waals surface area contributed by atoms with Crippen LogP contribution in [0, 0.1) is 13.8 Å². The van der Waals surface area contributed by atoms with Crippen molar-refractivity contribution in [3.63, 3.8) is 0 Å². The van der Waals surface area contributed by atoms with E-state index in [4.69, 9.17) is 9.15 Å². The molecule has 0 aliphatic carbocycles. The van der Waals surface area contributed by atoms with E-state index in [0.717, 1.165) is 11.3 Å². The number of aryl methyl sites for hydroxylation is 1. The molecule has 3 aromatic rings. The first-order valence-electron chi connectivity index (χ1n) is 9.16. The van der Waals surface area contributed by atoms with Crippen molar-refractivity contribution in [2.45, 2.75) is 44.6 Å². The molecule has 0 aliphatic heterocycles. The number of Topliss-reactive ketones (excluding diaryl/α,β-unsaturated/α-hetero) is 2. The van der Waals surface area contributed by atoms with E-state index in [1.165, 1.54) is 18.7 Å². The maximum Gasteiger partial charge on any atom is 0.277 e. The summed E-state index contributed by atoms with van der Waals surface area (Å²) in [6.45, 7) is 6.86. The molecule has 2 aromatic heterocycles. The van der Waals surface area contributed by atoms with Gasteiger partial charge in [-0.1, -0.05) is 23.9 Å². The van der Waals surface area contributed by atoms with Gasteiger partial charge in [-0.3, -0.25) is 9.59 Å². The van der Waals surface area contributed by atoms with Crippen LogP contribution in [0.2, 0.25) is 0 Å². The van der Waals surface area contributed by atoms with E-state index in [1.807, 2.05) is 24.3 Å². The van der Waals surface area contributed by atoms with Crippen LogP contribution < -0.4 is 4.74 Å². The molecule has 1 aromatic carbocycles. The van der Waals surface area contributed by atoms with Crippen molar-refractivity contribution in [2.24, 2.45) is 0 Å². The number of aromatic nitrogens is 3. The van der Waals surface area contributed by atoms with E-state index < -0.39 is 5.25 Å². The Morgan fingerprint density at radius 2 is 1.90 bits per heavy atom. The molecule has 1 N–H and O–H groups in total. The van der Waals surface area contributed by atoms with Gasteiger partial charge < -0.3 is 14.1 Å². The number of thioether (sulfide) groups is 1. The molecule has 3 rings (SSSR count). The van der Waals surface area contributed by atoms with E-state index in [0.29, 0.717) is 40.0 Å². The van der Waals surface area contributed by atoms with E-state index in [2.05, 4.69) is 15.2 Å². The molecule has 0 amide bonds. The molecule has 0 saturated carbocycles. The van der Waals surface area contributed by atoms with Gasteiger partial charge in [0, 0.05) is 11.3 Å². The van der Waals surface area contributed by atoms with Crippen LogP contribution in [-0.4, -0.2) is 39.1 Å². The first-order chi connectivity index (χ1) is 13.8. The monoisotopic (exact) mass is 413 g/mol. The van der Waals surface area contributed by atoms with E-state index in [9.17, 15) is 9.59 Å². The number of methoxy groups -OCH3 is 1. The number of rotatable bonds is 8. The Labute approximate surface area is 173 Å². The Hall–Kier alpha value is -2.87. The quantitative estimate of drug-likeness (QED) is 0.437. The summed E-state index contributed by atoms with van der Waals surface area (Å²) in [5.74, 6) is 1.09. The zero-order valence-corrected chi connectivity index (χ0v) is 17.8. The summed E-state index contributed by atoms with van der Waals surface area (Å²) in [4.78, 5) is 27.7. The number of hydrogen-bond donors (Lipinski definition) is 1. The fourth-order valence-electron chi connectivity index (χ4n) is 3.21. The largest absolute Gasteiger partial charge is 0.497 e. The molecule has 0 saturated heterocycles. The second-order valence-electron chi connectivity index (χ2n) is 6.79. The van der Waals surface area contributed by atoms with Crippen molar-refractivity contribution in [1.29, 1.82) is 0 Å². The van der Waals surface area contributed by atoms with Crippen molar-refractivity contribution in [3.8, 4) is 5.75 Å². The number of nitrogens with one attached hydrogen (secondary N) is 1. The third-order valence-corrected chi connectivity index (χ3v) is 5.58. The minimum absolute atomic E-state index is 0.0596. The molecule has 0 spiro atoms. The Morgan fingerprint density at radius 1 is 1.21 bits per heavy atom. The molecule has 29 heavy (non-hydrogen) atoms. The zero-order valence-electron chi connectivity index (χ0n) is 17.0. The lowest BCUT2D eigenvalue weighted by Gasteiger charge is -2.07. The molecule has 0 bridgehead atoms. The fourth-order valence-corrected chi connectivity index (χ4v) is 3.97. The van der Waals surface area contributed by atoms with Gasteiger partial charge in [-0.05, 0) is 51.0 Å². The van der Waals surface area contributed by atoms with E-state index in [1.54, 1.807) is 27.9 Å². The summed E-state index contributed by atoms with van der Waals surface area (Å²) < 4.78 is 10.8. The molecule has 7 nitrogen and oxygen atoms in total. The van der Waals surface area contributed by atoms with Gasteiger partial charge >= 0.3 is 0 Å². The summed E-state index contributed by atoms with van der Waals surface area (Å²) in [5, 5.41) is 8.00. The van der Waals surface area contributed by atoms with Crippen LogP contribution >= 0.6 is 11.8 Å². The number of H-pyrrole nitrogens is 1. The highest BCUT2D eigenvalue weighted by atomic mass is 32.2. The van der Waals surface area contributed by atoms with Crippen LogP contribution in [0.4, 0.5) is 0 Å². The van der Waals surface area contributed by atoms with Crippen molar-refractivity contribution in [1.82, 2.24) is 15.2 Å². The first kappa shape index (κ1) is 20.9. The van der Waals surface area contributed by atoms with Crippen LogP contribution in [0.3, 0.4) is 0 Å². The molecule has 152 valence electrons. The summed E-state index contributed by atoms with van der Waals surface area (Å²) in [7, 11) is 1.62. The lowest BCUT2D eigenvalue weighted by Crippen LogP contribution is -2.15. The van der Waals surface area contributed by atoms with Gasteiger partial charge in [0.2, 0.25) is 5.89 Å². The minimum Gasteiger partial charge on any atom is -0.497 e. The number of benzene rings is 1. The molecule has 1 atom stereocenters. The highest BCUT2D eigenvalue weighted by Crippen LogP contribution is 2.27.